The second kappa shape index (κ2) is 5.70. The molecule has 0 spiro atoms. The van der Waals surface area contributed by atoms with E-state index in [4.69, 9.17) is 0 Å². The molecule has 0 unspecified atom stereocenters. The van der Waals surface area contributed by atoms with Crippen molar-refractivity contribution in [3.63, 3.8) is 0 Å². The van der Waals surface area contributed by atoms with Gasteiger partial charge in [-0.2, -0.15) is 0 Å². The Kier molecular flexibility index (Phi) is 3.53. The van der Waals surface area contributed by atoms with Gasteiger partial charge in [0.15, 0.2) is 0 Å². The lowest BCUT2D eigenvalue weighted by Crippen LogP contribution is -2.43. The first-order valence-corrected chi connectivity index (χ1v) is 8.49. The summed E-state index contributed by atoms with van der Waals surface area (Å²) in [4.78, 5) is 0. The smallest absolute Gasteiger partial charge is 0.0271 e. The first-order valence-electron chi connectivity index (χ1n) is 8.49. The van der Waals surface area contributed by atoms with Crippen LogP contribution in [0.2, 0.25) is 0 Å². The molecule has 3 aromatic rings. The Hall–Kier alpha value is -2.34. The second-order valence-electron chi connectivity index (χ2n) is 6.65. The van der Waals surface area contributed by atoms with Crippen molar-refractivity contribution in [2.24, 2.45) is 0 Å². The fraction of sp³-hybridized carbons (Fsp3) is 0.217. The fourth-order valence-electron chi connectivity index (χ4n) is 4.30. The summed E-state index contributed by atoms with van der Waals surface area (Å²) in [6.45, 7) is 2.24. The van der Waals surface area contributed by atoms with E-state index in [1.165, 1.54) is 35.1 Å². The molecule has 0 heterocycles. The highest BCUT2D eigenvalue weighted by atomic mass is 14.5. The first kappa shape index (κ1) is 14.3. The van der Waals surface area contributed by atoms with Crippen molar-refractivity contribution >= 4 is 0 Å². The predicted octanol–water partition coefficient (Wildman–Crippen LogP) is 5.86. The van der Waals surface area contributed by atoms with Crippen molar-refractivity contribution < 1.29 is 0 Å². The van der Waals surface area contributed by atoms with E-state index in [9.17, 15) is 0 Å². The van der Waals surface area contributed by atoms with Crippen molar-refractivity contribution in [3.05, 3.63) is 107 Å². The third kappa shape index (κ3) is 2.21. The van der Waals surface area contributed by atoms with Crippen molar-refractivity contribution in [1.82, 2.24) is 0 Å². The molecule has 0 bridgehead atoms. The van der Waals surface area contributed by atoms with Crippen molar-refractivity contribution in [2.75, 3.05) is 0 Å². The number of hydrogen-bond donors (Lipinski definition) is 0. The average Bonchev–Trinajstić information content (AvgIpc) is 2.58. The molecule has 1 fully saturated rings. The molecular formula is C23H22. The highest BCUT2D eigenvalue weighted by Gasteiger charge is 2.49. The largest absolute Gasteiger partial charge is 0.0622 e. The SMILES string of the molecule is Cc1ccccc1[C@H]1CCC1(c1ccccc1)c1ccccc1. The monoisotopic (exact) mass is 298 g/mol. The van der Waals surface area contributed by atoms with Gasteiger partial charge in [0.25, 0.3) is 0 Å². The highest BCUT2D eigenvalue weighted by Crippen LogP contribution is 2.58. The van der Waals surface area contributed by atoms with E-state index in [1.807, 2.05) is 0 Å². The Morgan fingerprint density at radius 1 is 0.696 bits per heavy atom. The summed E-state index contributed by atoms with van der Waals surface area (Å²) in [5.74, 6) is 0.563. The van der Waals surface area contributed by atoms with Crippen LogP contribution in [0.3, 0.4) is 0 Å². The maximum atomic E-state index is 2.32. The lowest BCUT2D eigenvalue weighted by molar-refractivity contribution is 0.240. The van der Waals surface area contributed by atoms with E-state index in [0.717, 1.165) is 0 Å². The number of benzene rings is 3. The molecule has 1 aliphatic carbocycles. The van der Waals surface area contributed by atoms with Gasteiger partial charge in [-0.3, -0.25) is 0 Å². The van der Waals surface area contributed by atoms with Crippen molar-refractivity contribution in [3.8, 4) is 0 Å². The first-order chi connectivity index (χ1) is 11.3. The summed E-state index contributed by atoms with van der Waals surface area (Å²) in [5.41, 5.74) is 5.94. The Labute approximate surface area is 138 Å². The van der Waals surface area contributed by atoms with Crippen LogP contribution >= 0.6 is 0 Å². The van der Waals surface area contributed by atoms with Crippen LogP contribution in [0.4, 0.5) is 0 Å². The molecule has 0 amide bonds. The standard InChI is InChI=1S/C23H22/c1-18-10-8-9-15-21(18)22-16-17-23(22,19-11-4-2-5-12-19)20-13-6-3-7-14-20/h2-15,22H,16-17H2,1H3/t22-/m1/s1. The summed E-state index contributed by atoms with van der Waals surface area (Å²) in [6.07, 6.45) is 2.48. The molecule has 0 N–H and O–H groups in total. The van der Waals surface area contributed by atoms with Crippen molar-refractivity contribution in [2.45, 2.75) is 31.1 Å². The molecule has 3 aromatic carbocycles. The van der Waals surface area contributed by atoms with Crippen LogP contribution in [0.1, 0.15) is 41.0 Å². The van der Waals surface area contributed by atoms with Crippen LogP contribution in [-0.2, 0) is 5.41 Å². The van der Waals surface area contributed by atoms with E-state index < -0.39 is 0 Å². The maximum Gasteiger partial charge on any atom is 0.0271 e. The molecule has 0 heteroatoms. The number of aryl methyl sites for hydroxylation is 1. The zero-order chi connectivity index (χ0) is 15.7. The third-order valence-corrected chi connectivity index (χ3v) is 5.56. The predicted molar refractivity (Wildman–Crippen MR) is 96.8 cm³/mol. The molecule has 1 saturated carbocycles. The zero-order valence-corrected chi connectivity index (χ0v) is 13.6. The fourth-order valence-corrected chi connectivity index (χ4v) is 4.30. The van der Waals surface area contributed by atoms with Crippen LogP contribution in [0.5, 0.6) is 0 Å². The molecule has 114 valence electrons. The van der Waals surface area contributed by atoms with Gasteiger partial charge in [-0.1, -0.05) is 84.9 Å². The highest BCUT2D eigenvalue weighted by molar-refractivity contribution is 5.49. The van der Waals surface area contributed by atoms with Crippen LogP contribution in [0.15, 0.2) is 84.9 Å². The second-order valence-corrected chi connectivity index (χ2v) is 6.65. The topological polar surface area (TPSA) is 0 Å². The van der Waals surface area contributed by atoms with Crippen LogP contribution < -0.4 is 0 Å². The van der Waals surface area contributed by atoms with E-state index in [2.05, 4.69) is 91.9 Å². The summed E-state index contributed by atoms with van der Waals surface area (Å²) in [7, 11) is 0. The van der Waals surface area contributed by atoms with Gasteiger partial charge < -0.3 is 0 Å². The zero-order valence-electron chi connectivity index (χ0n) is 13.6. The number of hydrogen-bond acceptors (Lipinski definition) is 0. The van der Waals surface area contributed by atoms with E-state index in [1.54, 1.807) is 0 Å². The maximum absolute atomic E-state index is 2.32. The molecule has 0 aliphatic heterocycles. The van der Waals surface area contributed by atoms with Crippen LogP contribution in [0.25, 0.3) is 0 Å². The van der Waals surface area contributed by atoms with Gasteiger partial charge in [-0.05, 0) is 47.9 Å². The Balaban J connectivity index is 1.90. The minimum absolute atomic E-state index is 0.120. The van der Waals surface area contributed by atoms with E-state index >= 15 is 0 Å². The average molecular weight is 298 g/mol. The molecule has 4 rings (SSSR count). The third-order valence-electron chi connectivity index (χ3n) is 5.56. The van der Waals surface area contributed by atoms with Gasteiger partial charge in [0.05, 0.1) is 0 Å². The molecule has 0 radical (unpaired) electrons. The molecule has 23 heavy (non-hydrogen) atoms. The van der Waals surface area contributed by atoms with Crippen molar-refractivity contribution in [1.29, 1.82) is 0 Å². The number of rotatable bonds is 3. The lowest BCUT2D eigenvalue weighted by atomic mass is 9.51. The summed E-state index contributed by atoms with van der Waals surface area (Å²) >= 11 is 0. The Morgan fingerprint density at radius 3 is 1.70 bits per heavy atom. The molecule has 0 aromatic heterocycles. The van der Waals surface area contributed by atoms with Gasteiger partial charge in [0.2, 0.25) is 0 Å². The normalized spacial score (nSPS) is 19.1. The lowest BCUT2D eigenvalue weighted by Gasteiger charge is -2.51. The quantitative estimate of drug-likeness (QED) is 0.568. The Bertz CT molecular complexity index is 747. The summed E-state index contributed by atoms with van der Waals surface area (Å²) < 4.78 is 0. The Morgan fingerprint density at radius 2 is 1.22 bits per heavy atom. The van der Waals surface area contributed by atoms with E-state index in [-0.39, 0.29) is 5.41 Å². The van der Waals surface area contributed by atoms with Crippen LogP contribution in [0, 0.1) is 6.92 Å². The van der Waals surface area contributed by atoms with Gasteiger partial charge in [0, 0.05) is 5.41 Å². The van der Waals surface area contributed by atoms with E-state index in [0.29, 0.717) is 5.92 Å². The molecule has 0 saturated heterocycles. The van der Waals surface area contributed by atoms with Gasteiger partial charge in [-0.15, -0.1) is 0 Å². The van der Waals surface area contributed by atoms with Gasteiger partial charge in [-0.25, -0.2) is 0 Å². The molecule has 1 atom stereocenters. The van der Waals surface area contributed by atoms with Gasteiger partial charge >= 0.3 is 0 Å². The van der Waals surface area contributed by atoms with Crippen LogP contribution in [-0.4, -0.2) is 0 Å². The minimum atomic E-state index is 0.120. The molecule has 0 nitrogen and oxygen atoms in total. The summed E-state index contributed by atoms with van der Waals surface area (Å²) in [5, 5.41) is 0. The summed E-state index contributed by atoms with van der Waals surface area (Å²) in [6, 6.07) is 31.0. The minimum Gasteiger partial charge on any atom is -0.0622 e. The molecule has 1 aliphatic rings. The molecular weight excluding hydrogens is 276 g/mol. The van der Waals surface area contributed by atoms with Gasteiger partial charge in [0.1, 0.15) is 0 Å².